The Morgan fingerprint density at radius 1 is 1.23 bits per heavy atom. The number of halogens is 3. The Kier molecular flexibility index (Phi) is 3.81. The van der Waals surface area contributed by atoms with E-state index in [0.29, 0.717) is 17.4 Å². The SMILES string of the molecule is NCCCc1cc(F)c(F)cc1Br. The van der Waals surface area contributed by atoms with Gasteiger partial charge in [0, 0.05) is 4.47 Å². The van der Waals surface area contributed by atoms with Gasteiger partial charge in [-0.3, -0.25) is 0 Å². The maximum atomic E-state index is 12.8. The number of aryl methyl sites for hydroxylation is 1. The summed E-state index contributed by atoms with van der Waals surface area (Å²) in [6.45, 7) is 0.547. The van der Waals surface area contributed by atoms with E-state index in [0.717, 1.165) is 18.1 Å². The highest BCUT2D eigenvalue weighted by Crippen LogP contribution is 2.21. The predicted molar refractivity (Wildman–Crippen MR) is 51.4 cm³/mol. The van der Waals surface area contributed by atoms with Crippen LogP contribution in [-0.2, 0) is 6.42 Å². The minimum Gasteiger partial charge on any atom is -0.330 e. The Hall–Kier alpha value is -0.480. The highest BCUT2D eigenvalue weighted by atomic mass is 79.9. The summed E-state index contributed by atoms with van der Waals surface area (Å²) in [5, 5.41) is 0. The monoisotopic (exact) mass is 249 g/mol. The number of hydrogen-bond donors (Lipinski definition) is 1. The maximum absolute atomic E-state index is 12.8. The zero-order valence-electron chi connectivity index (χ0n) is 6.99. The molecule has 0 aliphatic rings. The van der Waals surface area contributed by atoms with E-state index < -0.39 is 11.6 Å². The maximum Gasteiger partial charge on any atom is 0.159 e. The third kappa shape index (κ3) is 2.74. The van der Waals surface area contributed by atoms with Crippen LogP contribution in [0.1, 0.15) is 12.0 Å². The van der Waals surface area contributed by atoms with E-state index in [-0.39, 0.29) is 0 Å². The lowest BCUT2D eigenvalue weighted by Crippen LogP contribution is -2.01. The second kappa shape index (κ2) is 4.67. The molecule has 0 aliphatic carbocycles. The van der Waals surface area contributed by atoms with E-state index >= 15 is 0 Å². The molecular formula is C9H10BrF2N. The molecule has 0 aliphatic heterocycles. The van der Waals surface area contributed by atoms with Crippen LogP contribution in [0.5, 0.6) is 0 Å². The summed E-state index contributed by atoms with van der Waals surface area (Å²) >= 11 is 3.16. The van der Waals surface area contributed by atoms with Crippen LogP contribution in [0.2, 0.25) is 0 Å². The average Bonchev–Trinajstić information content (AvgIpc) is 2.09. The van der Waals surface area contributed by atoms with Gasteiger partial charge in [0.05, 0.1) is 0 Å². The van der Waals surface area contributed by atoms with Gasteiger partial charge in [0.2, 0.25) is 0 Å². The van der Waals surface area contributed by atoms with E-state index in [1.165, 1.54) is 6.07 Å². The molecule has 72 valence electrons. The van der Waals surface area contributed by atoms with Crippen molar-refractivity contribution in [3.63, 3.8) is 0 Å². The second-order valence-corrected chi connectivity index (χ2v) is 3.60. The van der Waals surface area contributed by atoms with Gasteiger partial charge in [-0.2, -0.15) is 0 Å². The number of nitrogens with two attached hydrogens (primary N) is 1. The molecule has 0 saturated heterocycles. The summed E-state index contributed by atoms with van der Waals surface area (Å²) < 4.78 is 26.0. The van der Waals surface area contributed by atoms with Crippen molar-refractivity contribution in [1.29, 1.82) is 0 Å². The molecular weight excluding hydrogens is 240 g/mol. The third-order valence-corrected chi connectivity index (χ3v) is 2.48. The molecule has 0 atom stereocenters. The van der Waals surface area contributed by atoms with Crippen LogP contribution in [0.25, 0.3) is 0 Å². The molecule has 0 heterocycles. The fourth-order valence-electron chi connectivity index (χ4n) is 1.05. The van der Waals surface area contributed by atoms with Crippen molar-refractivity contribution in [3.05, 3.63) is 33.8 Å². The summed E-state index contributed by atoms with van der Waals surface area (Å²) in [4.78, 5) is 0. The summed E-state index contributed by atoms with van der Waals surface area (Å²) in [6.07, 6.45) is 1.43. The molecule has 0 bridgehead atoms. The van der Waals surface area contributed by atoms with E-state index in [2.05, 4.69) is 15.9 Å². The fraction of sp³-hybridized carbons (Fsp3) is 0.333. The number of benzene rings is 1. The van der Waals surface area contributed by atoms with Gasteiger partial charge in [0.1, 0.15) is 0 Å². The van der Waals surface area contributed by atoms with Crippen LogP contribution in [0, 0.1) is 11.6 Å². The lowest BCUT2D eigenvalue weighted by Gasteiger charge is -2.03. The van der Waals surface area contributed by atoms with Crippen molar-refractivity contribution >= 4 is 15.9 Å². The molecule has 1 aromatic carbocycles. The van der Waals surface area contributed by atoms with Crippen LogP contribution in [-0.4, -0.2) is 6.54 Å². The van der Waals surface area contributed by atoms with Crippen LogP contribution >= 0.6 is 15.9 Å². The van der Waals surface area contributed by atoms with Crippen molar-refractivity contribution in [2.75, 3.05) is 6.54 Å². The molecule has 0 unspecified atom stereocenters. The van der Waals surface area contributed by atoms with E-state index in [4.69, 9.17) is 5.73 Å². The van der Waals surface area contributed by atoms with E-state index in [1.807, 2.05) is 0 Å². The largest absolute Gasteiger partial charge is 0.330 e. The first-order chi connectivity index (χ1) is 6.15. The van der Waals surface area contributed by atoms with Crippen LogP contribution in [0.15, 0.2) is 16.6 Å². The van der Waals surface area contributed by atoms with Gasteiger partial charge in [-0.1, -0.05) is 15.9 Å². The lowest BCUT2D eigenvalue weighted by molar-refractivity contribution is 0.506. The number of rotatable bonds is 3. The first-order valence-corrected chi connectivity index (χ1v) is 4.78. The van der Waals surface area contributed by atoms with Gasteiger partial charge in [-0.25, -0.2) is 8.78 Å². The summed E-state index contributed by atoms with van der Waals surface area (Å²) in [5.41, 5.74) is 6.07. The molecule has 1 nitrogen and oxygen atoms in total. The first kappa shape index (κ1) is 10.6. The van der Waals surface area contributed by atoms with Crippen molar-refractivity contribution < 1.29 is 8.78 Å². The molecule has 1 aromatic rings. The standard InChI is InChI=1S/C9H10BrF2N/c10-7-5-9(12)8(11)4-6(7)2-1-3-13/h4-5H,1-3,13H2. The molecule has 0 radical (unpaired) electrons. The van der Waals surface area contributed by atoms with E-state index in [9.17, 15) is 8.78 Å². The Bertz CT molecular complexity index is 302. The van der Waals surface area contributed by atoms with Crippen molar-refractivity contribution in [1.82, 2.24) is 0 Å². The lowest BCUT2D eigenvalue weighted by atomic mass is 10.1. The minimum atomic E-state index is -0.830. The molecule has 0 aromatic heterocycles. The van der Waals surface area contributed by atoms with Gasteiger partial charge in [0.25, 0.3) is 0 Å². The topological polar surface area (TPSA) is 26.0 Å². The fourth-order valence-corrected chi connectivity index (χ4v) is 1.56. The van der Waals surface area contributed by atoms with Gasteiger partial charge < -0.3 is 5.73 Å². The molecule has 0 fully saturated rings. The zero-order chi connectivity index (χ0) is 9.84. The van der Waals surface area contributed by atoms with Crippen molar-refractivity contribution in [2.24, 2.45) is 5.73 Å². The smallest absolute Gasteiger partial charge is 0.159 e. The van der Waals surface area contributed by atoms with Crippen molar-refractivity contribution in [2.45, 2.75) is 12.8 Å². The van der Waals surface area contributed by atoms with Crippen LogP contribution in [0.4, 0.5) is 8.78 Å². The third-order valence-electron chi connectivity index (χ3n) is 1.74. The summed E-state index contributed by atoms with van der Waals surface area (Å²) in [7, 11) is 0. The molecule has 4 heteroatoms. The molecule has 0 spiro atoms. The summed E-state index contributed by atoms with van der Waals surface area (Å²) in [5.74, 6) is -1.64. The highest BCUT2D eigenvalue weighted by Gasteiger charge is 2.06. The number of hydrogen-bond acceptors (Lipinski definition) is 1. The first-order valence-electron chi connectivity index (χ1n) is 3.98. The van der Waals surface area contributed by atoms with E-state index in [1.54, 1.807) is 0 Å². The minimum absolute atomic E-state index is 0.547. The Balaban J connectivity index is 2.88. The quantitative estimate of drug-likeness (QED) is 0.820. The highest BCUT2D eigenvalue weighted by molar-refractivity contribution is 9.10. The molecule has 0 saturated carbocycles. The van der Waals surface area contributed by atoms with Gasteiger partial charge >= 0.3 is 0 Å². The van der Waals surface area contributed by atoms with Gasteiger partial charge in [0.15, 0.2) is 11.6 Å². The molecule has 13 heavy (non-hydrogen) atoms. The van der Waals surface area contributed by atoms with Gasteiger partial charge in [-0.05, 0) is 37.1 Å². The van der Waals surface area contributed by atoms with Crippen LogP contribution in [0.3, 0.4) is 0 Å². The summed E-state index contributed by atoms with van der Waals surface area (Å²) in [6, 6.07) is 2.34. The average molecular weight is 250 g/mol. The Labute approximate surface area is 84.1 Å². The molecule has 1 rings (SSSR count). The zero-order valence-corrected chi connectivity index (χ0v) is 8.57. The Morgan fingerprint density at radius 2 is 1.85 bits per heavy atom. The van der Waals surface area contributed by atoms with Gasteiger partial charge in [-0.15, -0.1) is 0 Å². The second-order valence-electron chi connectivity index (χ2n) is 2.75. The molecule has 0 amide bonds. The van der Waals surface area contributed by atoms with Crippen LogP contribution < -0.4 is 5.73 Å². The van der Waals surface area contributed by atoms with Crippen molar-refractivity contribution in [3.8, 4) is 0 Å². The normalized spacial score (nSPS) is 10.5. The molecule has 2 N–H and O–H groups in total. The predicted octanol–water partition coefficient (Wildman–Crippen LogP) is 2.62. The Morgan fingerprint density at radius 3 is 2.46 bits per heavy atom.